The molecule has 2 N–H and O–H groups in total. The van der Waals surface area contributed by atoms with Crippen molar-refractivity contribution in [2.24, 2.45) is 23.2 Å². The van der Waals surface area contributed by atoms with Crippen LogP contribution in [0.15, 0.2) is 24.3 Å². The van der Waals surface area contributed by atoms with Gasteiger partial charge < -0.3 is 15.4 Å². The predicted octanol–water partition coefficient (Wildman–Crippen LogP) is 4.87. The number of nitrogens with zero attached hydrogens (tertiary/aromatic N) is 1. The van der Waals surface area contributed by atoms with E-state index < -0.39 is 0 Å². The van der Waals surface area contributed by atoms with E-state index in [-0.39, 0.29) is 17.2 Å². The van der Waals surface area contributed by atoms with E-state index in [0.717, 1.165) is 25.0 Å². The van der Waals surface area contributed by atoms with Gasteiger partial charge in [0.25, 0.3) is 5.91 Å². The zero-order chi connectivity index (χ0) is 20.9. The molecule has 30 heavy (non-hydrogen) atoms. The molecule has 6 nitrogen and oxygen atoms in total. The van der Waals surface area contributed by atoms with Gasteiger partial charge in [0.05, 0.1) is 18.2 Å². The van der Waals surface area contributed by atoms with Crippen molar-refractivity contribution >= 4 is 34.0 Å². The van der Waals surface area contributed by atoms with Crippen molar-refractivity contribution in [3.63, 3.8) is 0 Å². The van der Waals surface area contributed by atoms with Gasteiger partial charge >= 0.3 is 0 Å². The minimum atomic E-state index is -0.222. The van der Waals surface area contributed by atoms with Crippen molar-refractivity contribution in [3.8, 4) is 5.75 Å². The number of methoxy groups -OCH3 is 1. The number of aryl methyl sites for hydroxylation is 1. The number of aromatic nitrogens is 1. The fourth-order valence-corrected chi connectivity index (χ4v) is 7.00. The molecule has 2 aromatic rings. The van der Waals surface area contributed by atoms with Gasteiger partial charge in [-0.1, -0.05) is 11.3 Å². The van der Waals surface area contributed by atoms with Crippen LogP contribution in [0.25, 0.3) is 0 Å². The molecule has 4 aliphatic carbocycles. The smallest absolute Gasteiger partial charge is 0.267 e. The third-order valence-electron chi connectivity index (χ3n) is 7.09. The second-order valence-electron chi connectivity index (χ2n) is 9.27. The molecule has 6 rings (SSSR count). The van der Waals surface area contributed by atoms with Crippen molar-refractivity contribution in [1.82, 2.24) is 4.98 Å². The Bertz CT molecular complexity index is 947. The molecule has 4 saturated carbocycles. The molecule has 0 aliphatic heterocycles. The maximum absolute atomic E-state index is 13.3. The molecule has 0 saturated heterocycles. The lowest BCUT2D eigenvalue weighted by atomic mass is 9.49. The largest absolute Gasteiger partial charge is 0.497 e. The predicted molar refractivity (Wildman–Crippen MR) is 117 cm³/mol. The van der Waals surface area contributed by atoms with Crippen LogP contribution in [0.5, 0.6) is 5.75 Å². The summed E-state index contributed by atoms with van der Waals surface area (Å²) in [4.78, 5) is 31.0. The van der Waals surface area contributed by atoms with Gasteiger partial charge in [0.2, 0.25) is 5.91 Å². The molecule has 0 unspecified atom stereocenters. The number of carbonyl (C=O) groups is 2. The summed E-state index contributed by atoms with van der Waals surface area (Å²) in [6.07, 6.45) is 6.95. The number of nitrogens with one attached hydrogen (secondary N) is 2. The van der Waals surface area contributed by atoms with Crippen molar-refractivity contribution in [1.29, 1.82) is 0 Å². The highest BCUT2D eigenvalue weighted by molar-refractivity contribution is 7.17. The molecule has 0 radical (unpaired) electrons. The van der Waals surface area contributed by atoms with Crippen molar-refractivity contribution in [2.45, 2.75) is 45.4 Å². The number of anilines is 2. The molecular formula is C23H27N3O3S. The average molecular weight is 426 g/mol. The highest BCUT2D eigenvalue weighted by Gasteiger charge is 2.54. The molecule has 2 amide bonds. The molecule has 0 atom stereocenters. The normalized spacial score (nSPS) is 28.9. The maximum atomic E-state index is 13.3. The summed E-state index contributed by atoms with van der Waals surface area (Å²) in [7, 11) is 1.60. The van der Waals surface area contributed by atoms with Crippen LogP contribution >= 0.6 is 11.3 Å². The number of ether oxygens (including phenoxy) is 1. The molecule has 158 valence electrons. The monoisotopic (exact) mass is 425 g/mol. The lowest BCUT2D eigenvalue weighted by Crippen LogP contribution is -2.51. The number of carbonyl (C=O) groups excluding carboxylic acids is 2. The van der Waals surface area contributed by atoms with Crippen LogP contribution < -0.4 is 15.4 Å². The number of benzene rings is 1. The summed E-state index contributed by atoms with van der Waals surface area (Å²) in [5.41, 5.74) is 1.10. The zero-order valence-corrected chi connectivity index (χ0v) is 18.2. The van der Waals surface area contributed by atoms with E-state index >= 15 is 0 Å². The Morgan fingerprint density at radius 2 is 1.63 bits per heavy atom. The van der Waals surface area contributed by atoms with E-state index in [9.17, 15) is 9.59 Å². The lowest BCUT2D eigenvalue weighted by molar-refractivity contribution is -0.140. The number of hydrogen-bond acceptors (Lipinski definition) is 5. The molecule has 1 aromatic carbocycles. The van der Waals surface area contributed by atoms with Gasteiger partial charge in [-0.2, -0.15) is 0 Å². The standard InChI is InChI=1S/C23H27N3O3S/c1-13-19(20(27)25-17-3-5-18(29-2)6-4-17)30-22(24-13)26-21(28)23-10-14-7-15(11-23)9-16(8-14)12-23/h3-6,14-16H,7-12H2,1-2H3,(H,25,27)(H,24,26,28). The highest BCUT2D eigenvalue weighted by atomic mass is 32.1. The summed E-state index contributed by atoms with van der Waals surface area (Å²) < 4.78 is 5.14. The first-order chi connectivity index (χ1) is 14.4. The molecular weight excluding hydrogens is 398 g/mol. The summed E-state index contributed by atoms with van der Waals surface area (Å²) in [5.74, 6) is 2.77. The minimum Gasteiger partial charge on any atom is -0.497 e. The first-order valence-electron chi connectivity index (χ1n) is 10.7. The molecule has 4 aliphatic rings. The third kappa shape index (κ3) is 3.49. The van der Waals surface area contributed by atoms with E-state index in [2.05, 4.69) is 15.6 Å². The summed E-state index contributed by atoms with van der Waals surface area (Å²) >= 11 is 1.25. The van der Waals surface area contributed by atoms with Crippen LogP contribution in [0.4, 0.5) is 10.8 Å². The zero-order valence-electron chi connectivity index (χ0n) is 17.4. The number of thiazole rings is 1. The summed E-state index contributed by atoms with van der Waals surface area (Å²) in [5, 5.41) is 6.48. The van der Waals surface area contributed by atoms with Gasteiger partial charge in [0.15, 0.2) is 5.13 Å². The fourth-order valence-electron chi connectivity index (χ4n) is 6.14. The third-order valence-corrected chi connectivity index (χ3v) is 8.16. The number of amides is 2. The highest BCUT2D eigenvalue weighted by Crippen LogP contribution is 2.60. The van der Waals surface area contributed by atoms with Crippen LogP contribution in [0.2, 0.25) is 0 Å². The van der Waals surface area contributed by atoms with Gasteiger partial charge in [-0.15, -0.1) is 0 Å². The van der Waals surface area contributed by atoms with Crippen LogP contribution in [0, 0.1) is 30.1 Å². The maximum Gasteiger partial charge on any atom is 0.267 e. The van der Waals surface area contributed by atoms with E-state index in [1.165, 1.54) is 30.6 Å². The minimum absolute atomic E-state index is 0.109. The van der Waals surface area contributed by atoms with Gasteiger partial charge in [-0.25, -0.2) is 4.98 Å². The Balaban J connectivity index is 1.28. The first-order valence-corrected chi connectivity index (χ1v) is 11.5. The van der Waals surface area contributed by atoms with Crippen molar-refractivity contribution < 1.29 is 14.3 Å². The van der Waals surface area contributed by atoms with Crippen LogP contribution in [0.1, 0.15) is 53.9 Å². The quantitative estimate of drug-likeness (QED) is 0.716. The van der Waals surface area contributed by atoms with Crippen LogP contribution in [0.3, 0.4) is 0 Å². The molecule has 0 spiro atoms. The number of rotatable bonds is 5. The Hall–Kier alpha value is -2.41. The average Bonchev–Trinajstić information content (AvgIpc) is 3.07. The van der Waals surface area contributed by atoms with Crippen LogP contribution in [-0.4, -0.2) is 23.9 Å². The Morgan fingerprint density at radius 1 is 1.03 bits per heavy atom. The van der Waals surface area contributed by atoms with Crippen LogP contribution in [-0.2, 0) is 4.79 Å². The Morgan fingerprint density at radius 3 is 2.20 bits per heavy atom. The Labute approximate surface area is 180 Å². The van der Waals surface area contributed by atoms with Gasteiger partial charge in [-0.05, 0) is 87.5 Å². The van der Waals surface area contributed by atoms with Gasteiger partial charge in [0.1, 0.15) is 10.6 Å². The molecule has 1 heterocycles. The first kappa shape index (κ1) is 19.5. The molecule has 4 bridgehead atoms. The molecule has 4 fully saturated rings. The van der Waals surface area contributed by atoms with Crippen molar-refractivity contribution in [2.75, 3.05) is 17.7 Å². The summed E-state index contributed by atoms with van der Waals surface area (Å²) in [6, 6.07) is 7.18. The topological polar surface area (TPSA) is 80.3 Å². The van der Waals surface area contributed by atoms with E-state index in [4.69, 9.17) is 4.74 Å². The van der Waals surface area contributed by atoms with Gasteiger partial charge in [-0.3, -0.25) is 9.59 Å². The lowest BCUT2D eigenvalue weighted by Gasteiger charge is -2.55. The van der Waals surface area contributed by atoms with E-state index in [0.29, 0.717) is 39.1 Å². The summed E-state index contributed by atoms with van der Waals surface area (Å²) in [6.45, 7) is 1.81. The van der Waals surface area contributed by atoms with E-state index in [1.54, 1.807) is 38.3 Å². The van der Waals surface area contributed by atoms with E-state index in [1.807, 2.05) is 0 Å². The SMILES string of the molecule is COc1ccc(NC(=O)c2sc(NC(=O)C34CC5CC(CC(C5)C3)C4)nc2C)cc1. The molecule has 7 heteroatoms. The van der Waals surface area contributed by atoms with Gasteiger partial charge in [0, 0.05) is 5.69 Å². The second-order valence-corrected chi connectivity index (χ2v) is 10.3. The Kier molecular flexibility index (Phi) is 4.81. The fraction of sp³-hybridized carbons (Fsp3) is 0.522. The second kappa shape index (κ2) is 7.38. The number of hydrogen-bond donors (Lipinski definition) is 2. The van der Waals surface area contributed by atoms with Crippen molar-refractivity contribution in [3.05, 3.63) is 34.8 Å². The molecule has 1 aromatic heterocycles.